The van der Waals surface area contributed by atoms with Gasteiger partial charge in [-0.2, -0.15) is 0 Å². The van der Waals surface area contributed by atoms with E-state index in [2.05, 4.69) is 29.3 Å². The quantitative estimate of drug-likeness (QED) is 0.690. The molecule has 0 aliphatic carbocycles. The van der Waals surface area contributed by atoms with E-state index in [0.717, 1.165) is 17.1 Å². The zero-order valence-electron chi connectivity index (χ0n) is 16.0. The third-order valence-electron chi connectivity index (χ3n) is 4.37. The van der Waals surface area contributed by atoms with Gasteiger partial charge in [0.05, 0.1) is 13.7 Å². The first-order chi connectivity index (χ1) is 13.0. The Kier molecular flexibility index (Phi) is 5.59. The molecule has 7 heteroatoms. The van der Waals surface area contributed by atoms with E-state index in [-0.39, 0.29) is 17.9 Å². The largest absolute Gasteiger partial charge is 0.497 e. The molecule has 0 saturated heterocycles. The topological polar surface area (TPSA) is 82.2 Å². The number of methoxy groups -OCH3 is 1. The van der Waals surface area contributed by atoms with E-state index in [1.54, 1.807) is 13.3 Å². The van der Waals surface area contributed by atoms with Crippen molar-refractivity contribution in [3.8, 4) is 17.1 Å². The highest BCUT2D eigenvalue weighted by atomic mass is 16.5. The number of benzene rings is 1. The van der Waals surface area contributed by atoms with E-state index in [0.29, 0.717) is 18.0 Å². The number of amides is 1. The summed E-state index contributed by atoms with van der Waals surface area (Å²) < 4.78 is 12.5. The third-order valence-corrected chi connectivity index (χ3v) is 4.37. The lowest BCUT2D eigenvalue weighted by Crippen LogP contribution is -2.31. The van der Waals surface area contributed by atoms with Crippen LogP contribution in [0.3, 0.4) is 0 Å². The second-order valence-electron chi connectivity index (χ2n) is 6.66. The molecule has 1 amide bonds. The van der Waals surface area contributed by atoms with Crippen LogP contribution in [0, 0.1) is 0 Å². The molecule has 7 nitrogen and oxygen atoms in total. The van der Waals surface area contributed by atoms with Crippen molar-refractivity contribution in [2.45, 2.75) is 39.3 Å². The summed E-state index contributed by atoms with van der Waals surface area (Å²) in [6.07, 6.45) is 3.55. The van der Waals surface area contributed by atoms with Crippen molar-refractivity contribution in [3.05, 3.63) is 54.2 Å². The van der Waals surface area contributed by atoms with Crippen molar-refractivity contribution < 1.29 is 14.1 Å². The van der Waals surface area contributed by atoms with Gasteiger partial charge in [-0.25, -0.2) is 4.98 Å². The van der Waals surface area contributed by atoms with Crippen LogP contribution in [0.2, 0.25) is 0 Å². The maximum Gasteiger partial charge on any atom is 0.243 e. The SMILES string of the molecule is COc1cccc(-c2cc(CNC(=O)[C@H](C)n3ccnc3C(C)C)no2)c1. The summed E-state index contributed by atoms with van der Waals surface area (Å²) in [5, 5.41) is 6.94. The second kappa shape index (κ2) is 8.07. The summed E-state index contributed by atoms with van der Waals surface area (Å²) in [5.41, 5.74) is 1.52. The van der Waals surface area contributed by atoms with Gasteiger partial charge in [-0.05, 0) is 19.1 Å². The van der Waals surface area contributed by atoms with Crippen LogP contribution in [0.25, 0.3) is 11.3 Å². The number of hydrogen-bond acceptors (Lipinski definition) is 5. The number of aromatic nitrogens is 3. The fourth-order valence-electron chi connectivity index (χ4n) is 2.86. The zero-order chi connectivity index (χ0) is 19.4. The van der Waals surface area contributed by atoms with Crippen molar-refractivity contribution in [1.82, 2.24) is 20.0 Å². The number of carbonyl (C=O) groups excluding carboxylic acids is 1. The molecule has 0 unspecified atom stereocenters. The number of hydrogen-bond donors (Lipinski definition) is 1. The lowest BCUT2D eigenvalue weighted by atomic mass is 10.1. The van der Waals surface area contributed by atoms with Gasteiger partial charge in [-0.15, -0.1) is 0 Å². The predicted molar refractivity (Wildman–Crippen MR) is 101 cm³/mol. The van der Waals surface area contributed by atoms with E-state index in [1.807, 2.05) is 48.0 Å². The molecule has 27 heavy (non-hydrogen) atoms. The molecule has 0 fully saturated rings. The van der Waals surface area contributed by atoms with Crippen molar-refractivity contribution in [3.63, 3.8) is 0 Å². The summed E-state index contributed by atoms with van der Waals surface area (Å²) in [4.78, 5) is 16.8. The Labute approximate surface area is 158 Å². The first-order valence-corrected chi connectivity index (χ1v) is 8.90. The van der Waals surface area contributed by atoms with Crippen LogP contribution in [-0.2, 0) is 11.3 Å². The minimum Gasteiger partial charge on any atom is -0.497 e. The van der Waals surface area contributed by atoms with Crippen LogP contribution in [0.5, 0.6) is 5.75 Å². The van der Waals surface area contributed by atoms with Crippen LogP contribution in [0.15, 0.2) is 47.2 Å². The molecule has 1 atom stereocenters. The van der Waals surface area contributed by atoms with E-state index < -0.39 is 0 Å². The minimum atomic E-state index is -0.352. The normalized spacial score (nSPS) is 12.2. The monoisotopic (exact) mass is 368 g/mol. The van der Waals surface area contributed by atoms with Crippen LogP contribution >= 0.6 is 0 Å². The molecule has 1 N–H and O–H groups in total. The molecule has 2 heterocycles. The molecule has 0 spiro atoms. The first-order valence-electron chi connectivity index (χ1n) is 8.90. The van der Waals surface area contributed by atoms with Gasteiger partial charge in [0.25, 0.3) is 0 Å². The van der Waals surface area contributed by atoms with Gasteiger partial charge in [0.1, 0.15) is 23.3 Å². The highest BCUT2D eigenvalue weighted by Gasteiger charge is 2.19. The standard InChI is InChI=1S/C20H24N4O3/c1-13(2)19-21-8-9-24(19)14(3)20(25)22-12-16-11-18(27-23-16)15-6-5-7-17(10-15)26-4/h5-11,13-14H,12H2,1-4H3,(H,22,25)/t14-/m0/s1. The number of nitrogens with one attached hydrogen (secondary N) is 1. The van der Waals surface area contributed by atoms with Crippen molar-refractivity contribution >= 4 is 5.91 Å². The maximum absolute atomic E-state index is 12.5. The van der Waals surface area contributed by atoms with Gasteiger partial charge in [0.2, 0.25) is 5.91 Å². The van der Waals surface area contributed by atoms with Crippen molar-refractivity contribution in [1.29, 1.82) is 0 Å². The molecule has 2 aromatic heterocycles. The fraction of sp³-hybridized carbons (Fsp3) is 0.350. The molecule has 142 valence electrons. The Hall–Kier alpha value is -3.09. The summed E-state index contributed by atoms with van der Waals surface area (Å²) in [6, 6.07) is 9.00. The van der Waals surface area contributed by atoms with E-state index in [9.17, 15) is 4.79 Å². The highest BCUT2D eigenvalue weighted by Crippen LogP contribution is 2.24. The Morgan fingerprint density at radius 1 is 1.30 bits per heavy atom. The molecule has 1 aromatic carbocycles. The number of rotatable bonds is 7. The van der Waals surface area contributed by atoms with E-state index in [4.69, 9.17) is 9.26 Å². The lowest BCUT2D eigenvalue weighted by Gasteiger charge is -2.17. The Bertz CT molecular complexity index is 913. The maximum atomic E-state index is 12.5. The molecular weight excluding hydrogens is 344 g/mol. The number of carbonyl (C=O) groups is 1. The van der Waals surface area contributed by atoms with Gasteiger partial charge >= 0.3 is 0 Å². The first kappa shape index (κ1) is 18.7. The van der Waals surface area contributed by atoms with Crippen LogP contribution in [0.4, 0.5) is 0 Å². The molecule has 0 bridgehead atoms. The molecule has 3 rings (SSSR count). The van der Waals surface area contributed by atoms with Gasteiger partial charge in [-0.1, -0.05) is 31.1 Å². The van der Waals surface area contributed by atoms with Crippen LogP contribution in [0.1, 0.15) is 44.2 Å². The van der Waals surface area contributed by atoms with Gasteiger partial charge < -0.3 is 19.1 Å². The summed E-state index contributed by atoms with van der Waals surface area (Å²) >= 11 is 0. The summed E-state index contributed by atoms with van der Waals surface area (Å²) in [5.74, 6) is 2.41. The van der Waals surface area contributed by atoms with Crippen LogP contribution < -0.4 is 10.1 Å². The molecule has 0 saturated carbocycles. The van der Waals surface area contributed by atoms with Gasteiger partial charge in [0.15, 0.2) is 5.76 Å². The number of ether oxygens (including phenoxy) is 1. The Morgan fingerprint density at radius 2 is 2.11 bits per heavy atom. The Balaban J connectivity index is 1.64. The zero-order valence-corrected chi connectivity index (χ0v) is 16.0. The molecule has 3 aromatic rings. The molecular formula is C20H24N4O3. The third kappa shape index (κ3) is 4.19. The molecule has 0 aliphatic rings. The Morgan fingerprint density at radius 3 is 2.85 bits per heavy atom. The second-order valence-corrected chi connectivity index (χ2v) is 6.66. The molecule has 0 aliphatic heterocycles. The van der Waals surface area contributed by atoms with Crippen LogP contribution in [-0.4, -0.2) is 27.7 Å². The highest BCUT2D eigenvalue weighted by molar-refractivity contribution is 5.80. The molecule has 0 radical (unpaired) electrons. The minimum absolute atomic E-state index is 0.0965. The van der Waals surface area contributed by atoms with E-state index in [1.165, 1.54) is 0 Å². The fourth-order valence-corrected chi connectivity index (χ4v) is 2.86. The van der Waals surface area contributed by atoms with E-state index >= 15 is 0 Å². The lowest BCUT2D eigenvalue weighted by molar-refractivity contribution is -0.124. The van der Waals surface area contributed by atoms with Crippen molar-refractivity contribution in [2.75, 3.05) is 7.11 Å². The van der Waals surface area contributed by atoms with Crippen molar-refractivity contribution in [2.24, 2.45) is 0 Å². The van der Waals surface area contributed by atoms with Gasteiger partial charge in [0, 0.05) is 29.9 Å². The predicted octanol–water partition coefficient (Wildman–Crippen LogP) is 3.55. The number of nitrogens with zero attached hydrogens (tertiary/aromatic N) is 3. The summed E-state index contributed by atoms with van der Waals surface area (Å²) in [7, 11) is 1.62. The average molecular weight is 368 g/mol. The average Bonchev–Trinajstić information content (AvgIpc) is 3.35. The summed E-state index contributed by atoms with van der Waals surface area (Å²) in [6.45, 7) is 6.26. The smallest absolute Gasteiger partial charge is 0.243 e. The van der Waals surface area contributed by atoms with Gasteiger partial charge in [-0.3, -0.25) is 4.79 Å². The number of imidazole rings is 1.